The highest BCUT2D eigenvalue weighted by Gasteiger charge is 2.15. The number of carbonyl (C=O) groups is 1. The summed E-state index contributed by atoms with van der Waals surface area (Å²) in [6.45, 7) is 7.69. The summed E-state index contributed by atoms with van der Waals surface area (Å²) in [6, 6.07) is 18.2. The van der Waals surface area contributed by atoms with Crippen molar-refractivity contribution < 1.29 is 17.9 Å². The molecule has 1 amide bonds. The van der Waals surface area contributed by atoms with Gasteiger partial charge in [0.05, 0.1) is 11.0 Å². The average molecular weight is 498 g/mol. The van der Waals surface area contributed by atoms with Crippen molar-refractivity contribution in [2.75, 3.05) is 10.0 Å². The third-order valence-electron chi connectivity index (χ3n) is 4.88. The molecule has 0 aliphatic rings. The number of aryl methyl sites for hydroxylation is 2. The van der Waals surface area contributed by atoms with E-state index in [4.69, 9.17) is 17.0 Å². The summed E-state index contributed by atoms with van der Waals surface area (Å²) in [4.78, 5) is 12.6. The van der Waals surface area contributed by atoms with Gasteiger partial charge in [-0.1, -0.05) is 12.1 Å². The largest absolute Gasteiger partial charge is 0.491 e. The Kier molecular flexibility index (Phi) is 7.90. The Morgan fingerprint density at radius 2 is 1.59 bits per heavy atom. The molecule has 0 spiro atoms. The number of hydrogen-bond acceptors (Lipinski definition) is 5. The highest BCUT2D eigenvalue weighted by Crippen LogP contribution is 2.20. The number of carbonyl (C=O) groups excluding carboxylic acids is 1. The lowest BCUT2D eigenvalue weighted by Gasteiger charge is -2.13. The topological polar surface area (TPSA) is 96.5 Å². The van der Waals surface area contributed by atoms with Crippen LogP contribution in [0.3, 0.4) is 0 Å². The van der Waals surface area contributed by atoms with Crippen LogP contribution in [0.1, 0.15) is 35.3 Å². The van der Waals surface area contributed by atoms with Crippen LogP contribution in [0.5, 0.6) is 5.75 Å². The Bertz CT molecular complexity index is 1300. The van der Waals surface area contributed by atoms with Gasteiger partial charge < -0.3 is 10.1 Å². The molecule has 0 radical (unpaired) electrons. The Morgan fingerprint density at radius 1 is 0.912 bits per heavy atom. The van der Waals surface area contributed by atoms with E-state index in [2.05, 4.69) is 15.4 Å². The molecule has 3 aromatic carbocycles. The first-order valence-corrected chi connectivity index (χ1v) is 12.5. The van der Waals surface area contributed by atoms with Crippen molar-refractivity contribution >= 4 is 44.6 Å². The molecule has 34 heavy (non-hydrogen) atoms. The van der Waals surface area contributed by atoms with Crippen molar-refractivity contribution in [3.8, 4) is 5.75 Å². The van der Waals surface area contributed by atoms with Crippen LogP contribution < -0.4 is 20.1 Å². The Morgan fingerprint density at radius 3 is 2.24 bits per heavy atom. The van der Waals surface area contributed by atoms with E-state index in [1.807, 2.05) is 33.8 Å². The second-order valence-electron chi connectivity index (χ2n) is 8.03. The fraction of sp³-hybridized carbons (Fsp3) is 0.200. The molecular weight excluding hydrogens is 470 g/mol. The van der Waals surface area contributed by atoms with Gasteiger partial charge in [0, 0.05) is 16.9 Å². The zero-order valence-corrected chi connectivity index (χ0v) is 21.0. The fourth-order valence-electron chi connectivity index (χ4n) is 3.06. The highest BCUT2D eigenvalue weighted by atomic mass is 32.2. The summed E-state index contributed by atoms with van der Waals surface area (Å²) < 4.78 is 33.6. The SMILES string of the molecule is Cc1ccc(NS(=O)(=O)c2ccc(NC(=S)NC(=O)c3cccc(OC(C)C)c3)cc2)cc1C. The number of anilines is 2. The molecule has 0 bridgehead atoms. The van der Waals surface area contributed by atoms with Crippen LogP contribution in [0.15, 0.2) is 71.6 Å². The zero-order valence-electron chi connectivity index (χ0n) is 19.4. The van der Waals surface area contributed by atoms with Crippen LogP contribution >= 0.6 is 12.2 Å². The predicted molar refractivity (Wildman–Crippen MR) is 139 cm³/mol. The van der Waals surface area contributed by atoms with E-state index in [0.717, 1.165) is 11.1 Å². The Balaban J connectivity index is 1.62. The number of sulfonamides is 1. The van der Waals surface area contributed by atoms with E-state index in [1.165, 1.54) is 12.1 Å². The van der Waals surface area contributed by atoms with Crippen molar-refractivity contribution in [2.45, 2.75) is 38.7 Å². The van der Waals surface area contributed by atoms with E-state index in [-0.39, 0.29) is 22.0 Å². The molecule has 0 fully saturated rings. The van der Waals surface area contributed by atoms with E-state index < -0.39 is 10.0 Å². The summed E-state index contributed by atoms with van der Waals surface area (Å²) in [5, 5.41) is 5.58. The van der Waals surface area contributed by atoms with E-state index >= 15 is 0 Å². The molecule has 7 nitrogen and oxygen atoms in total. The quantitative estimate of drug-likeness (QED) is 0.397. The second-order valence-corrected chi connectivity index (χ2v) is 10.1. The molecule has 0 aromatic heterocycles. The molecule has 3 N–H and O–H groups in total. The molecule has 0 unspecified atom stereocenters. The summed E-state index contributed by atoms with van der Waals surface area (Å²) in [5.41, 5.74) is 3.51. The maximum absolute atomic E-state index is 12.7. The molecule has 0 saturated carbocycles. The van der Waals surface area contributed by atoms with Gasteiger partial charge in [-0.3, -0.25) is 14.8 Å². The Labute approximate surface area is 205 Å². The lowest BCUT2D eigenvalue weighted by atomic mass is 10.1. The molecule has 0 aliphatic heterocycles. The van der Waals surface area contributed by atoms with Crippen LogP contribution in [0.2, 0.25) is 0 Å². The fourth-order valence-corrected chi connectivity index (χ4v) is 4.32. The molecule has 0 saturated heterocycles. The molecule has 0 atom stereocenters. The molecule has 0 heterocycles. The van der Waals surface area contributed by atoms with Crippen molar-refractivity contribution in [1.82, 2.24) is 5.32 Å². The lowest BCUT2D eigenvalue weighted by Crippen LogP contribution is -2.34. The molecule has 3 rings (SSSR count). The number of nitrogens with one attached hydrogen (secondary N) is 3. The summed E-state index contributed by atoms with van der Waals surface area (Å²) in [7, 11) is -3.75. The number of benzene rings is 3. The van der Waals surface area contributed by atoms with Crippen molar-refractivity contribution in [2.24, 2.45) is 0 Å². The number of thiocarbonyl (C=S) groups is 1. The van der Waals surface area contributed by atoms with Crippen LogP contribution in [-0.4, -0.2) is 25.5 Å². The van der Waals surface area contributed by atoms with E-state index in [9.17, 15) is 13.2 Å². The number of amides is 1. The first-order chi connectivity index (χ1) is 16.0. The lowest BCUT2D eigenvalue weighted by molar-refractivity contribution is 0.0977. The minimum atomic E-state index is -3.75. The molecule has 178 valence electrons. The predicted octanol–water partition coefficient (Wildman–Crippen LogP) is 5.02. The second kappa shape index (κ2) is 10.7. The zero-order chi connectivity index (χ0) is 24.9. The van der Waals surface area contributed by atoms with Crippen LogP contribution in [0.4, 0.5) is 11.4 Å². The van der Waals surface area contributed by atoms with Crippen LogP contribution in [0, 0.1) is 13.8 Å². The third kappa shape index (κ3) is 6.79. The van der Waals surface area contributed by atoms with Gasteiger partial charge in [0.2, 0.25) is 0 Å². The number of hydrogen-bond donors (Lipinski definition) is 3. The average Bonchev–Trinajstić information content (AvgIpc) is 2.76. The molecule has 3 aromatic rings. The third-order valence-corrected chi connectivity index (χ3v) is 6.48. The summed E-state index contributed by atoms with van der Waals surface area (Å²) >= 11 is 5.23. The van der Waals surface area contributed by atoms with Gasteiger partial charge in [-0.05, 0) is 106 Å². The minimum absolute atomic E-state index is 0.0101. The van der Waals surface area contributed by atoms with Crippen molar-refractivity contribution in [1.29, 1.82) is 0 Å². The highest BCUT2D eigenvalue weighted by molar-refractivity contribution is 7.92. The van der Waals surface area contributed by atoms with Crippen LogP contribution in [0.25, 0.3) is 0 Å². The van der Waals surface area contributed by atoms with Gasteiger partial charge >= 0.3 is 0 Å². The van der Waals surface area contributed by atoms with Crippen molar-refractivity contribution in [3.63, 3.8) is 0 Å². The van der Waals surface area contributed by atoms with Gasteiger partial charge in [-0.15, -0.1) is 0 Å². The van der Waals surface area contributed by atoms with Gasteiger partial charge in [-0.2, -0.15) is 0 Å². The smallest absolute Gasteiger partial charge is 0.261 e. The maximum atomic E-state index is 12.7. The monoisotopic (exact) mass is 497 g/mol. The molecular formula is C25H27N3O4S2. The van der Waals surface area contributed by atoms with Gasteiger partial charge in [-0.25, -0.2) is 8.42 Å². The van der Waals surface area contributed by atoms with Crippen LogP contribution in [-0.2, 0) is 10.0 Å². The normalized spacial score (nSPS) is 11.1. The van der Waals surface area contributed by atoms with E-state index in [1.54, 1.807) is 48.5 Å². The van der Waals surface area contributed by atoms with Gasteiger partial charge in [0.1, 0.15) is 5.75 Å². The minimum Gasteiger partial charge on any atom is -0.491 e. The standard InChI is InChI=1S/C25H27N3O4S2/c1-16(2)32-22-7-5-6-19(15-22)24(29)27-25(33)26-20-10-12-23(13-11-20)34(30,31)28-21-9-8-17(3)18(4)14-21/h5-16,28H,1-4H3,(H2,26,27,29,33). The summed E-state index contributed by atoms with van der Waals surface area (Å²) in [6.07, 6.45) is -0.0101. The number of rotatable bonds is 7. The van der Waals surface area contributed by atoms with E-state index in [0.29, 0.717) is 22.7 Å². The first kappa shape index (κ1) is 25.2. The Hall–Kier alpha value is -3.43. The molecule has 0 aliphatic carbocycles. The van der Waals surface area contributed by atoms with Crippen molar-refractivity contribution in [3.05, 3.63) is 83.4 Å². The first-order valence-electron chi connectivity index (χ1n) is 10.6. The maximum Gasteiger partial charge on any atom is 0.261 e. The van der Waals surface area contributed by atoms with Gasteiger partial charge in [0.15, 0.2) is 5.11 Å². The molecule has 9 heteroatoms. The van der Waals surface area contributed by atoms with Gasteiger partial charge in [0.25, 0.3) is 15.9 Å². The number of ether oxygens (including phenoxy) is 1. The summed E-state index contributed by atoms with van der Waals surface area (Å²) in [5.74, 6) is 0.205.